The van der Waals surface area contributed by atoms with E-state index in [2.05, 4.69) is 10.6 Å². The van der Waals surface area contributed by atoms with Crippen LogP contribution in [0, 0.1) is 23.1 Å². The van der Waals surface area contributed by atoms with Gasteiger partial charge < -0.3 is 10.6 Å². The molecule has 0 aliphatic carbocycles. The molecule has 2 N–H and O–H groups in total. The van der Waals surface area contributed by atoms with E-state index in [-0.39, 0.29) is 11.5 Å². The van der Waals surface area contributed by atoms with E-state index in [9.17, 15) is 9.18 Å². The van der Waals surface area contributed by atoms with Crippen LogP contribution in [-0.2, 0) is 4.79 Å². The third kappa shape index (κ3) is 3.05. The zero-order valence-electron chi connectivity index (χ0n) is 9.87. The van der Waals surface area contributed by atoms with Crippen molar-refractivity contribution in [3.05, 3.63) is 29.6 Å². The smallest absolute Gasteiger partial charge is 0.224 e. The van der Waals surface area contributed by atoms with Crippen LogP contribution in [0.15, 0.2) is 18.2 Å². The minimum absolute atomic E-state index is 0.0599. The van der Waals surface area contributed by atoms with Crippen LogP contribution in [0.2, 0.25) is 0 Å². The van der Waals surface area contributed by atoms with Crippen molar-refractivity contribution in [2.24, 2.45) is 5.92 Å². The van der Waals surface area contributed by atoms with Gasteiger partial charge in [-0.3, -0.25) is 4.79 Å². The Balaban J connectivity index is 1.96. The minimum Gasteiger partial charge on any atom is -0.326 e. The molecule has 4 nitrogen and oxygen atoms in total. The van der Waals surface area contributed by atoms with Crippen molar-refractivity contribution < 1.29 is 9.18 Å². The van der Waals surface area contributed by atoms with Gasteiger partial charge in [0.05, 0.1) is 5.56 Å². The van der Waals surface area contributed by atoms with Gasteiger partial charge in [-0.05, 0) is 43.6 Å². The first-order valence-corrected chi connectivity index (χ1v) is 5.89. The molecule has 0 aromatic heterocycles. The number of nitrogens with zero attached hydrogens (tertiary/aromatic N) is 1. The summed E-state index contributed by atoms with van der Waals surface area (Å²) in [5.74, 6) is -0.310. The van der Waals surface area contributed by atoms with E-state index in [1.807, 2.05) is 0 Å². The Bertz CT molecular complexity index is 489. The third-order valence-electron chi connectivity index (χ3n) is 3.01. The van der Waals surface area contributed by atoms with Gasteiger partial charge in [0.1, 0.15) is 11.9 Å². The van der Waals surface area contributed by atoms with Crippen LogP contribution in [-0.4, -0.2) is 19.0 Å². The molecule has 5 heteroatoms. The molecule has 1 heterocycles. The summed E-state index contributed by atoms with van der Waals surface area (Å²) >= 11 is 0. The third-order valence-corrected chi connectivity index (χ3v) is 3.01. The fourth-order valence-corrected chi connectivity index (χ4v) is 2.05. The zero-order chi connectivity index (χ0) is 13.0. The molecular formula is C13H14FN3O. The van der Waals surface area contributed by atoms with Crippen molar-refractivity contribution in [1.82, 2.24) is 5.32 Å². The first kappa shape index (κ1) is 12.5. The van der Waals surface area contributed by atoms with Crippen LogP contribution in [0.3, 0.4) is 0 Å². The topological polar surface area (TPSA) is 64.9 Å². The number of rotatable bonds is 3. The number of benzene rings is 1. The number of hydrogen-bond acceptors (Lipinski definition) is 3. The first-order chi connectivity index (χ1) is 8.69. The molecular weight excluding hydrogens is 233 g/mol. The summed E-state index contributed by atoms with van der Waals surface area (Å²) in [6.45, 7) is 1.81. The summed E-state index contributed by atoms with van der Waals surface area (Å²) in [5, 5.41) is 14.6. The maximum absolute atomic E-state index is 13.1. The number of halogens is 1. The lowest BCUT2D eigenvalue weighted by molar-refractivity contribution is -0.116. The average Bonchev–Trinajstić information content (AvgIpc) is 2.84. The Morgan fingerprint density at radius 1 is 1.61 bits per heavy atom. The minimum atomic E-state index is -0.574. The highest BCUT2D eigenvalue weighted by atomic mass is 19.1. The Labute approximate surface area is 105 Å². The van der Waals surface area contributed by atoms with Gasteiger partial charge >= 0.3 is 0 Å². The van der Waals surface area contributed by atoms with Crippen molar-refractivity contribution in [2.75, 3.05) is 18.4 Å². The second kappa shape index (κ2) is 5.61. The molecule has 2 rings (SSSR count). The maximum Gasteiger partial charge on any atom is 0.224 e. The Hall–Kier alpha value is -1.93. The predicted octanol–water partition coefficient (Wildman–Crippen LogP) is 1.64. The van der Waals surface area contributed by atoms with Crippen LogP contribution in [0.4, 0.5) is 10.1 Å². The Morgan fingerprint density at radius 3 is 3.11 bits per heavy atom. The molecule has 1 unspecified atom stereocenters. The lowest BCUT2D eigenvalue weighted by Crippen LogP contribution is -2.18. The molecule has 1 amide bonds. The molecule has 0 radical (unpaired) electrons. The Morgan fingerprint density at radius 2 is 2.44 bits per heavy atom. The van der Waals surface area contributed by atoms with E-state index >= 15 is 0 Å². The molecule has 1 atom stereocenters. The van der Waals surface area contributed by atoms with E-state index in [4.69, 9.17) is 5.26 Å². The highest BCUT2D eigenvalue weighted by Gasteiger charge is 2.18. The van der Waals surface area contributed by atoms with Gasteiger partial charge in [0.25, 0.3) is 0 Å². The van der Waals surface area contributed by atoms with Gasteiger partial charge in [0.15, 0.2) is 0 Å². The number of nitrogens with one attached hydrogen (secondary N) is 2. The lowest BCUT2D eigenvalue weighted by atomic mass is 10.0. The number of nitriles is 1. The second-order valence-electron chi connectivity index (χ2n) is 4.42. The van der Waals surface area contributed by atoms with Gasteiger partial charge in [0, 0.05) is 12.1 Å². The van der Waals surface area contributed by atoms with Crippen molar-refractivity contribution in [1.29, 1.82) is 5.26 Å². The van der Waals surface area contributed by atoms with Crippen LogP contribution < -0.4 is 10.6 Å². The zero-order valence-corrected chi connectivity index (χ0v) is 9.87. The Kier molecular flexibility index (Phi) is 3.90. The van der Waals surface area contributed by atoms with Gasteiger partial charge in [-0.1, -0.05) is 0 Å². The standard InChI is InChI=1S/C13H14FN3O/c14-12-2-1-11(6-10(12)7-15)17-13(18)5-9-3-4-16-8-9/h1-2,6,9,16H,3-5,8H2,(H,17,18). The number of carbonyl (C=O) groups is 1. The molecule has 1 aromatic carbocycles. The normalized spacial score (nSPS) is 18.3. The fourth-order valence-electron chi connectivity index (χ4n) is 2.05. The number of amides is 1. The molecule has 1 aliphatic rings. The largest absolute Gasteiger partial charge is 0.326 e. The number of carbonyl (C=O) groups excluding carboxylic acids is 1. The predicted molar refractivity (Wildman–Crippen MR) is 65.3 cm³/mol. The number of hydrogen-bond donors (Lipinski definition) is 2. The SMILES string of the molecule is N#Cc1cc(NC(=O)CC2CCNC2)ccc1F. The number of anilines is 1. The summed E-state index contributed by atoms with van der Waals surface area (Å²) in [6, 6.07) is 5.74. The van der Waals surface area contributed by atoms with Crippen molar-refractivity contribution in [2.45, 2.75) is 12.8 Å². The summed E-state index contributed by atoms with van der Waals surface area (Å²) in [4.78, 5) is 11.7. The van der Waals surface area contributed by atoms with Gasteiger partial charge in [-0.25, -0.2) is 4.39 Å². The second-order valence-corrected chi connectivity index (χ2v) is 4.42. The molecule has 0 saturated carbocycles. The van der Waals surface area contributed by atoms with E-state index < -0.39 is 5.82 Å². The molecule has 1 aromatic rings. The van der Waals surface area contributed by atoms with Crippen LogP contribution in [0.1, 0.15) is 18.4 Å². The van der Waals surface area contributed by atoms with Crippen molar-refractivity contribution >= 4 is 11.6 Å². The maximum atomic E-state index is 13.1. The van der Waals surface area contributed by atoms with Gasteiger partial charge in [-0.2, -0.15) is 5.26 Å². The quantitative estimate of drug-likeness (QED) is 0.853. The lowest BCUT2D eigenvalue weighted by Gasteiger charge is -2.09. The van der Waals surface area contributed by atoms with Crippen LogP contribution in [0.5, 0.6) is 0 Å². The highest BCUT2D eigenvalue weighted by molar-refractivity contribution is 5.91. The monoisotopic (exact) mass is 247 g/mol. The molecule has 94 valence electrons. The van der Waals surface area contributed by atoms with E-state index in [0.29, 0.717) is 18.0 Å². The average molecular weight is 247 g/mol. The van der Waals surface area contributed by atoms with E-state index in [1.54, 1.807) is 6.07 Å². The highest BCUT2D eigenvalue weighted by Crippen LogP contribution is 2.16. The molecule has 0 spiro atoms. The fraction of sp³-hybridized carbons (Fsp3) is 0.385. The molecule has 18 heavy (non-hydrogen) atoms. The van der Waals surface area contributed by atoms with Crippen LogP contribution in [0.25, 0.3) is 0 Å². The van der Waals surface area contributed by atoms with Gasteiger partial charge in [0.2, 0.25) is 5.91 Å². The molecule has 1 saturated heterocycles. The van der Waals surface area contributed by atoms with Gasteiger partial charge in [-0.15, -0.1) is 0 Å². The molecule has 1 aliphatic heterocycles. The van der Waals surface area contributed by atoms with Crippen LogP contribution >= 0.6 is 0 Å². The summed E-state index contributed by atoms with van der Waals surface area (Å²) in [5.41, 5.74) is 0.402. The van der Waals surface area contributed by atoms with E-state index in [0.717, 1.165) is 19.5 Å². The summed E-state index contributed by atoms with van der Waals surface area (Å²) in [7, 11) is 0. The van der Waals surface area contributed by atoms with Crippen molar-refractivity contribution in [3.63, 3.8) is 0 Å². The molecule has 1 fully saturated rings. The molecule has 0 bridgehead atoms. The van der Waals surface area contributed by atoms with Crippen molar-refractivity contribution in [3.8, 4) is 6.07 Å². The first-order valence-electron chi connectivity index (χ1n) is 5.89. The summed E-state index contributed by atoms with van der Waals surface area (Å²) in [6.07, 6.45) is 1.45. The van der Waals surface area contributed by atoms with E-state index in [1.165, 1.54) is 18.2 Å². The summed E-state index contributed by atoms with van der Waals surface area (Å²) < 4.78 is 13.1.